The molecule has 0 atom stereocenters. The van der Waals surface area contributed by atoms with E-state index in [1.807, 2.05) is 31.2 Å². The maximum absolute atomic E-state index is 13.0. The summed E-state index contributed by atoms with van der Waals surface area (Å²) in [5.74, 6) is -0.150. The van der Waals surface area contributed by atoms with Crippen LogP contribution in [0.1, 0.15) is 12.5 Å². The summed E-state index contributed by atoms with van der Waals surface area (Å²) in [5, 5.41) is 6.43. The molecule has 0 spiro atoms. The van der Waals surface area contributed by atoms with Crippen LogP contribution < -0.4 is 9.91 Å². The number of halogens is 1. The largest absolute Gasteiger partial charge is 0.343 e. The summed E-state index contributed by atoms with van der Waals surface area (Å²) >= 11 is 7.83. The van der Waals surface area contributed by atoms with Crippen LogP contribution in [0.4, 0.5) is 17.1 Å². The number of hydrogen-bond donors (Lipinski definition) is 0. The summed E-state index contributed by atoms with van der Waals surface area (Å²) in [6.45, 7) is 1.85. The first-order valence-electron chi connectivity index (χ1n) is 9.53. The molecule has 30 heavy (non-hydrogen) atoms. The number of anilines is 3. The summed E-state index contributed by atoms with van der Waals surface area (Å²) in [4.78, 5) is 17.6. The highest BCUT2D eigenvalue weighted by Gasteiger charge is 2.29. The molecule has 0 bridgehead atoms. The predicted octanol–water partition coefficient (Wildman–Crippen LogP) is 6.38. The van der Waals surface area contributed by atoms with Crippen molar-refractivity contribution in [1.29, 1.82) is 0 Å². The lowest BCUT2D eigenvalue weighted by atomic mass is 10.1. The molecule has 0 unspecified atom stereocenters. The Labute approximate surface area is 184 Å². The Balaban J connectivity index is 1.48. The monoisotopic (exact) mass is 431 g/mol. The average molecular weight is 432 g/mol. The zero-order valence-electron chi connectivity index (χ0n) is 16.5. The van der Waals surface area contributed by atoms with Crippen molar-refractivity contribution < 1.29 is 4.79 Å². The molecule has 148 valence electrons. The van der Waals surface area contributed by atoms with Gasteiger partial charge >= 0.3 is 0 Å². The average Bonchev–Trinajstić information content (AvgIpc) is 3.02. The zero-order valence-corrected chi connectivity index (χ0v) is 18.0. The van der Waals surface area contributed by atoms with Crippen LogP contribution in [0.2, 0.25) is 5.02 Å². The minimum absolute atomic E-state index is 0.150. The number of carbonyl (C=O) groups is 1. The number of fused-ring (bicyclic) bond motifs is 2. The number of benzene rings is 3. The molecule has 3 aromatic rings. The highest BCUT2D eigenvalue weighted by molar-refractivity contribution is 7.99. The van der Waals surface area contributed by atoms with Crippen molar-refractivity contribution in [3.63, 3.8) is 0 Å². The predicted molar refractivity (Wildman–Crippen MR) is 125 cm³/mol. The first-order chi connectivity index (χ1) is 14.5. The highest BCUT2D eigenvalue weighted by Crippen LogP contribution is 2.47. The number of para-hydroxylation sites is 1. The molecular weight excluding hydrogens is 414 g/mol. The molecule has 0 saturated heterocycles. The van der Waals surface area contributed by atoms with Gasteiger partial charge in [-0.05, 0) is 61.0 Å². The standard InChI is InChI=1S/C24H18ClN3OS/c1-15-19(24(29)28(26-15)18-7-5-6-17(25)14-18)12-16-10-11-21-23(13-16)30-22-9-4-3-8-20(22)27(21)2/h3-14H,1-2H3/b19-12-. The summed E-state index contributed by atoms with van der Waals surface area (Å²) in [7, 11) is 2.08. The van der Waals surface area contributed by atoms with Crippen LogP contribution in [0.3, 0.4) is 0 Å². The van der Waals surface area contributed by atoms with E-state index in [-0.39, 0.29) is 5.91 Å². The van der Waals surface area contributed by atoms with E-state index in [4.69, 9.17) is 11.6 Å². The number of rotatable bonds is 2. The van der Waals surface area contributed by atoms with E-state index in [9.17, 15) is 4.79 Å². The van der Waals surface area contributed by atoms with Crippen molar-refractivity contribution in [3.05, 3.63) is 82.9 Å². The summed E-state index contributed by atoms with van der Waals surface area (Å²) in [5.41, 5.74) is 5.27. The van der Waals surface area contributed by atoms with Crippen LogP contribution in [0.15, 0.2) is 87.2 Å². The molecule has 0 fully saturated rings. The van der Waals surface area contributed by atoms with Gasteiger partial charge in [0.05, 0.1) is 28.3 Å². The minimum atomic E-state index is -0.150. The quantitative estimate of drug-likeness (QED) is 0.442. The van der Waals surface area contributed by atoms with Gasteiger partial charge in [0.15, 0.2) is 0 Å². The van der Waals surface area contributed by atoms with Gasteiger partial charge in [-0.25, -0.2) is 0 Å². The van der Waals surface area contributed by atoms with Crippen molar-refractivity contribution in [2.45, 2.75) is 16.7 Å². The molecule has 0 aliphatic carbocycles. The van der Waals surface area contributed by atoms with Crippen molar-refractivity contribution in [3.8, 4) is 0 Å². The van der Waals surface area contributed by atoms with Gasteiger partial charge in [-0.15, -0.1) is 0 Å². The number of nitrogens with zero attached hydrogens (tertiary/aromatic N) is 3. The van der Waals surface area contributed by atoms with Crippen molar-refractivity contribution in [2.24, 2.45) is 5.10 Å². The second-order valence-corrected chi connectivity index (χ2v) is 8.72. The number of hydrazone groups is 1. The van der Waals surface area contributed by atoms with Gasteiger partial charge < -0.3 is 4.90 Å². The number of carbonyl (C=O) groups excluding carboxylic acids is 1. The van der Waals surface area contributed by atoms with Gasteiger partial charge in [-0.2, -0.15) is 10.1 Å². The first kappa shape index (κ1) is 19.0. The SMILES string of the molecule is CC1=NN(c2cccc(Cl)c2)C(=O)/C1=C\c1ccc2c(c1)Sc1ccccc1N2C. The minimum Gasteiger partial charge on any atom is -0.343 e. The van der Waals surface area contributed by atoms with Gasteiger partial charge in [0.1, 0.15) is 0 Å². The fraction of sp³-hybridized carbons (Fsp3) is 0.0833. The Bertz CT molecular complexity index is 1250. The lowest BCUT2D eigenvalue weighted by Gasteiger charge is -2.29. The molecule has 2 heterocycles. The lowest BCUT2D eigenvalue weighted by molar-refractivity contribution is -0.114. The van der Waals surface area contributed by atoms with E-state index in [2.05, 4.69) is 53.4 Å². The number of amides is 1. The van der Waals surface area contributed by atoms with Crippen LogP contribution in [0.25, 0.3) is 6.08 Å². The smallest absolute Gasteiger partial charge is 0.280 e. The van der Waals surface area contributed by atoms with Crippen LogP contribution in [-0.2, 0) is 4.79 Å². The fourth-order valence-corrected chi connectivity index (χ4v) is 5.06. The molecule has 0 radical (unpaired) electrons. The molecule has 0 saturated carbocycles. The van der Waals surface area contributed by atoms with Crippen molar-refractivity contribution in [2.75, 3.05) is 17.0 Å². The molecule has 3 aromatic carbocycles. The normalized spacial score (nSPS) is 16.6. The van der Waals surface area contributed by atoms with E-state index in [0.717, 1.165) is 16.1 Å². The maximum atomic E-state index is 13.0. The Morgan fingerprint density at radius 3 is 2.60 bits per heavy atom. The third kappa shape index (κ3) is 3.20. The fourth-order valence-electron chi connectivity index (χ4n) is 3.68. The van der Waals surface area contributed by atoms with E-state index in [0.29, 0.717) is 22.0 Å². The van der Waals surface area contributed by atoms with E-state index in [1.165, 1.54) is 15.6 Å². The maximum Gasteiger partial charge on any atom is 0.280 e. The van der Waals surface area contributed by atoms with Gasteiger partial charge in [0.2, 0.25) is 0 Å². The van der Waals surface area contributed by atoms with Crippen LogP contribution in [0.5, 0.6) is 0 Å². The van der Waals surface area contributed by atoms with E-state index < -0.39 is 0 Å². The molecule has 1 amide bonds. The van der Waals surface area contributed by atoms with Crippen LogP contribution in [-0.4, -0.2) is 18.7 Å². The second kappa shape index (κ2) is 7.35. The Kier molecular flexibility index (Phi) is 4.65. The lowest BCUT2D eigenvalue weighted by Crippen LogP contribution is -2.21. The van der Waals surface area contributed by atoms with E-state index in [1.54, 1.807) is 23.9 Å². The zero-order chi connectivity index (χ0) is 20.8. The third-order valence-electron chi connectivity index (χ3n) is 5.22. The summed E-state index contributed by atoms with van der Waals surface area (Å²) in [6, 6.07) is 21.8. The summed E-state index contributed by atoms with van der Waals surface area (Å²) < 4.78 is 0. The molecule has 6 heteroatoms. The van der Waals surface area contributed by atoms with Crippen LogP contribution >= 0.6 is 23.4 Å². The molecule has 2 aliphatic rings. The van der Waals surface area contributed by atoms with Gasteiger partial charge in [-0.3, -0.25) is 4.79 Å². The second-order valence-electron chi connectivity index (χ2n) is 7.20. The Hall–Kier alpha value is -3.02. The van der Waals surface area contributed by atoms with Gasteiger partial charge in [-0.1, -0.05) is 47.6 Å². The first-order valence-corrected chi connectivity index (χ1v) is 10.7. The molecule has 0 aromatic heterocycles. The molecule has 4 nitrogen and oxygen atoms in total. The third-order valence-corrected chi connectivity index (χ3v) is 6.57. The molecule has 2 aliphatic heterocycles. The molecular formula is C24H18ClN3OS. The Morgan fingerprint density at radius 2 is 1.77 bits per heavy atom. The van der Waals surface area contributed by atoms with Crippen molar-refractivity contribution >= 4 is 58.1 Å². The van der Waals surface area contributed by atoms with Gasteiger partial charge in [0, 0.05) is 21.9 Å². The number of hydrogen-bond acceptors (Lipinski definition) is 4. The molecule has 0 N–H and O–H groups in total. The Morgan fingerprint density at radius 1 is 0.967 bits per heavy atom. The molecule has 5 rings (SSSR count). The highest BCUT2D eigenvalue weighted by atomic mass is 35.5. The van der Waals surface area contributed by atoms with Crippen LogP contribution in [0, 0.1) is 0 Å². The van der Waals surface area contributed by atoms with Crippen molar-refractivity contribution in [1.82, 2.24) is 0 Å². The topological polar surface area (TPSA) is 35.9 Å². The van der Waals surface area contributed by atoms with E-state index >= 15 is 0 Å². The summed E-state index contributed by atoms with van der Waals surface area (Å²) in [6.07, 6.45) is 1.91. The van der Waals surface area contributed by atoms with Gasteiger partial charge in [0.25, 0.3) is 5.91 Å².